The molecule has 4 rings (SSSR count). The molecule has 0 aliphatic carbocycles. The lowest BCUT2D eigenvalue weighted by atomic mass is 9.94. The second kappa shape index (κ2) is 8.28. The molecule has 27 heavy (non-hydrogen) atoms. The largest absolute Gasteiger partial charge is 0.325 e. The van der Waals surface area contributed by atoms with Crippen molar-refractivity contribution in [3.63, 3.8) is 0 Å². The van der Waals surface area contributed by atoms with E-state index in [0.29, 0.717) is 0 Å². The van der Waals surface area contributed by atoms with Crippen LogP contribution in [0.1, 0.15) is 42.7 Å². The van der Waals surface area contributed by atoms with Crippen LogP contribution in [0.4, 0.5) is 5.69 Å². The molecule has 0 aromatic heterocycles. The normalized spacial score (nSPS) is 19.5. The first-order valence-electron chi connectivity index (χ1n) is 9.78. The minimum absolute atomic E-state index is 0.0249. The molecule has 2 heterocycles. The van der Waals surface area contributed by atoms with E-state index in [1.54, 1.807) is 0 Å². The van der Waals surface area contributed by atoms with Crippen molar-refractivity contribution in [3.05, 3.63) is 70.8 Å². The van der Waals surface area contributed by atoms with E-state index in [-0.39, 0.29) is 11.8 Å². The molecule has 2 aromatic rings. The Hall–Kier alpha value is -2.10. The van der Waals surface area contributed by atoms with Crippen molar-refractivity contribution in [3.8, 4) is 0 Å². The maximum absolute atomic E-state index is 12.2. The van der Waals surface area contributed by atoms with Crippen molar-refractivity contribution in [2.24, 2.45) is 0 Å². The van der Waals surface area contributed by atoms with Crippen LogP contribution >= 0.6 is 11.6 Å². The van der Waals surface area contributed by atoms with E-state index in [2.05, 4.69) is 28.4 Å². The van der Waals surface area contributed by atoms with Gasteiger partial charge in [-0.2, -0.15) is 0 Å². The van der Waals surface area contributed by atoms with E-state index in [0.717, 1.165) is 61.6 Å². The number of fused-ring (bicyclic) bond motifs is 1. The van der Waals surface area contributed by atoms with Gasteiger partial charge in [-0.05, 0) is 60.7 Å². The number of para-hydroxylation sites is 1. The number of nitrogens with one attached hydrogen (secondary N) is 1. The van der Waals surface area contributed by atoms with Crippen molar-refractivity contribution in [2.75, 3.05) is 25.0 Å². The molecule has 0 radical (unpaired) electrons. The Morgan fingerprint density at radius 2 is 2.00 bits per heavy atom. The second-order valence-electron chi connectivity index (χ2n) is 7.42. The maximum atomic E-state index is 12.2. The first-order chi connectivity index (χ1) is 13.2. The van der Waals surface area contributed by atoms with Crippen molar-refractivity contribution in [1.82, 2.24) is 4.90 Å². The Morgan fingerprint density at radius 3 is 2.81 bits per heavy atom. The van der Waals surface area contributed by atoms with Crippen LogP contribution in [0.3, 0.4) is 0 Å². The van der Waals surface area contributed by atoms with Gasteiger partial charge in [-0.1, -0.05) is 54.4 Å². The highest BCUT2D eigenvalue weighted by Crippen LogP contribution is 2.35. The number of carbonyl (C=O) groups is 1. The molecular formula is C23H25ClN2O. The van der Waals surface area contributed by atoms with E-state index in [9.17, 15) is 4.79 Å². The average molecular weight is 381 g/mol. The first-order valence-corrected chi connectivity index (χ1v) is 10.2. The third-order valence-corrected chi connectivity index (χ3v) is 5.85. The lowest BCUT2D eigenvalue weighted by Gasteiger charge is -2.26. The Labute approximate surface area is 166 Å². The summed E-state index contributed by atoms with van der Waals surface area (Å²) >= 11 is 6.11. The van der Waals surface area contributed by atoms with Gasteiger partial charge in [0.15, 0.2) is 0 Å². The molecule has 0 spiro atoms. The fourth-order valence-corrected chi connectivity index (χ4v) is 4.30. The van der Waals surface area contributed by atoms with E-state index in [4.69, 9.17) is 11.6 Å². The van der Waals surface area contributed by atoms with Crippen LogP contribution in [-0.4, -0.2) is 30.4 Å². The number of hydrogen-bond donors (Lipinski definition) is 1. The summed E-state index contributed by atoms with van der Waals surface area (Å²) in [6, 6.07) is 16.2. The molecule has 1 unspecified atom stereocenters. The number of nitrogens with zero attached hydrogens (tertiary/aromatic N) is 1. The molecule has 4 heteroatoms. The quantitative estimate of drug-likeness (QED) is 0.686. The SMILES string of the molecule is O=C1Nc2ccccc2C1CCCCN1CC=C(c2cccc(Cl)c2)CC1. The van der Waals surface area contributed by atoms with Gasteiger partial charge in [-0.15, -0.1) is 0 Å². The smallest absolute Gasteiger partial charge is 0.232 e. The molecule has 2 aromatic carbocycles. The standard InChI is InChI=1S/C23H25ClN2O/c24-19-7-5-6-18(16-19)17-11-14-26(15-12-17)13-4-3-9-21-20-8-1-2-10-22(20)25-23(21)27/h1-2,5-8,10-11,16,21H,3-4,9,12-15H2,(H,25,27). The summed E-state index contributed by atoms with van der Waals surface area (Å²) in [6.07, 6.45) is 6.54. The van der Waals surface area contributed by atoms with Crippen molar-refractivity contribution in [1.29, 1.82) is 0 Å². The Bertz CT molecular complexity index is 861. The number of hydrogen-bond acceptors (Lipinski definition) is 2. The lowest BCUT2D eigenvalue weighted by Crippen LogP contribution is -2.29. The molecule has 0 saturated heterocycles. The fraction of sp³-hybridized carbons (Fsp3) is 0.348. The van der Waals surface area contributed by atoms with Crippen molar-refractivity contribution < 1.29 is 4.79 Å². The zero-order valence-electron chi connectivity index (χ0n) is 15.5. The summed E-state index contributed by atoms with van der Waals surface area (Å²) in [7, 11) is 0. The predicted molar refractivity (Wildman–Crippen MR) is 112 cm³/mol. The Morgan fingerprint density at radius 1 is 1.11 bits per heavy atom. The third kappa shape index (κ3) is 4.26. The Kier molecular flexibility index (Phi) is 5.61. The lowest BCUT2D eigenvalue weighted by molar-refractivity contribution is -0.117. The number of unbranched alkanes of at least 4 members (excludes halogenated alkanes) is 1. The van der Waals surface area contributed by atoms with Gasteiger partial charge in [0.1, 0.15) is 0 Å². The van der Waals surface area contributed by atoms with Crippen LogP contribution in [0.2, 0.25) is 5.02 Å². The zero-order valence-corrected chi connectivity index (χ0v) is 16.2. The number of amides is 1. The van der Waals surface area contributed by atoms with Gasteiger partial charge in [0.05, 0.1) is 5.92 Å². The summed E-state index contributed by atoms with van der Waals surface area (Å²) in [5.74, 6) is 0.181. The second-order valence-corrected chi connectivity index (χ2v) is 7.85. The molecule has 2 aliphatic rings. The maximum Gasteiger partial charge on any atom is 0.232 e. The highest BCUT2D eigenvalue weighted by Gasteiger charge is 2.29. The molecule has 1 amide bonds. The summed E-state index contributed by atoms with van der Waals surface area (Å²) in [5, 5.41) is 3.79. The Balaban J connectivity index is 1.24. The fourth-order valence-electron chi connectivity index (χ4n) is 4.11. The van der Waals surface area contributed by atoms with E-state index in [1.807, 2.05) is 36.4 Å². The van der Waals surface area contributed by atoms with Gasteiger partial charge in [0.25, 0.3) is 0 Å². The van der Waals surface area contributed by atoms with E-state index >= 15 is 0 Å². The van der Waals surface area contributed by atoms with Gasteiger partial charge in [0, 0.05) is 23.8 Å². The molecule has 0 bridgehead atoms. The van der Waals surface area contributed by atoms with Gasteiger partial charge >= 0.3 is 0 Å². The highest BCUT2D eigenvalue weighted by atomic mass is 35.5. The van der Waals surface area contributed by atoms with Crippen molar-refractivity contribution >= 4 is 28.8 Å². The number of rotatable bonds is 6. The third-order valence-electron chi connectivity index (χ3n) is 5.62. The number of benzene rings is 2. The van der Waals surface area contributed by atoms with E-state index in [1.165, 1.54) is 11.1 Å². The van der Waals surface area contributed by atoms with Crippen LogP contribution in [0.25, 0.3) is 5.57 Å². The molecule has 2 aliphatic heterocycles. The van der Waals surface area contributed by atoms with Crippen LogP contribution in [0.15, 0.2) is 54.6 Å². The van der Waals surface area contributed by atoms with Crippen LogP contribution in [-0.2, 0) is 4.79 Å². The molecule has 1 N–H and O–H groups in total. The molecule has 0 fully saturated rings. The first kappa shape index (κ1) is 18.3. The minimum atomic E-state index is 0.0249. The number of anilines is 1. The molecule has 0 saturated carbocycles. The monoisotopic (exact) mass is 380 g/mol. The molecule has 1 atom stereocenters. The molecule has 140 valence electrons. The van der Waals surface area contributed by atoms with Crippen LogP contribution < -0.4 is 5.32 Å². The predicted octanol–water partition coefficient (Wildman–Crippen LogP) is 5.34. The minimum Gasteiger partial charge on any atom is -0.325 e. The van der Waals surface area contributed by atoms with Crippen LogP contribution in [0, 0.1) is 0 Å². The zero-order chi connectivity index (χ0) is 18.6. The summed E-state index contributed by atoms with van der Waals surface area (Å²) in [6.45, 7) is 3.18. The molecule has 3 nitrogen and oxygen atoms in total. The highest BCUT2D eigenvalue weighted by molar-refractivity contribution is 6.30. The molecular weight excluding hydrogens is 356 g/mol. The van der Waals surface area contributed by atoms with Crippen molar-refractivity contribution in [2.45, 2.75) is 31.6 Å². The van der Waals surface area contributed by atoms with Crippen LogP contribution in [0.5, 0.6) is 0 Å². The summed E-state index contributed by atoms with van der Waals surface area (Å²) < 4.78 is 0. The average Bonchev–Trinajstić information content (AvgIpc) is 3.01. The number of carbonyl (C=O) groups excluding carboxylic acids is 1. The topological polar surface area (TPSA) is 32.3 Å². The van der Waals surface area contributed by atoms with Gasteiger partial charge < -0.3 is 5.32 Å². The van der Waals surface area contributed by atoms with E-state index < -0.39 is 0 Å². The van der Waals surface area contributed by atoms with Gasteiger partial charge in [-0.3, -0.25) is 9.69 Å². The van der Waals surface area contributed by atoms with Gasteiger partial charge in [-0.25, -0.2) is 0 Å². The van der Waals surface area contributed by atoms with Gasteiger partial charge in [0.2, 0.25) is 5.91 Å². The summed E-state index contributed by atoms with van der Waals surface area (Å²) in [5.41, 5.74) is 4.79. The number of halogens is 1. The summed E-state index contributed by atoms with van der Waals surface area (Å²) in [4.78, 5) is 14.7.